The van der Waals surface area contributed by atoms with Crippen molar-refractivity contribution in [3.63, 3.8) is 0 Å². The highest BCUT2D eigenvalue weighted by Crippen LogP contribution is 2.36. The van der Waals surface area contributed by atoms with E-state index in [4.69, 9.17) is 4.98 Å². The van der Waals surface area contributed by atoms with E-state index in [0.717, 1.165) is 28.8 Å². The Hall–Kier alpha value is -1.49. The van der Waals surface area contributed by atoms with Crippen LogP contribution >= 0.6 is 46.7 Å². The van der Waals surface area contributed by atoms with E-state index in [0.29, 0.717) is 18.5 Å². The molecule has 3 heterocycles. The summed E-state index contributed by atoms with van der Waals surface area (Å²) in [6.45, 7) is 2.75. The second kappa shape index (κ2) is 11.9. The number of thiazole rings is 1. The quantitative estimate of drug-likeness (QED) is 0.243. The lowest BCUT2D eigenvalue weighted by Gasteiger charge is -2.39. The molecule has 1 aliphatic rings. The fourth-order valence-electron chi connectivity index (χ4n) is 4.11. The highest BCUT2D eigenvalue weighted by Gasteiger charge is 2.31. The van der Waals surface area contributed by atoms with Gasteiger partial charge >= 0.3 is 0 Å². The number of rotatable bonds is 6. The lowest BCUT2D eigenvalue weighted by Crippen LogP contribution is -2.44. The van der Waals surface area contributed by atoms with Gasteiger partial charge in [-0.2, -0.15) is 0 Å². The third kappa shape index (κ3) is 6.27. The minimum atomic E-state index is 0. The number of hydrogen-bond donors (Lipinski definition) is 2. The molecule has 2 unspecified atom stereocenters. The van der Waals surface area contributed by atoms with Crippen LogP contribution in [-0.2, 0) is 6.54 Å². The van der Waals surface area contributed by atoms with Gasteiger partial charge in [-0.05, 0) is 43.8 Å². The lowest BCUT2D eigenvalue weighted by molar-refractivity contribution is 0.125. The first-order valence-electron chi connectivity index (χ1n) is 10.4. The topological polar surface area (TPSA) is 52.6 Å². The lowest BCUT2D eigenvalue weighted by atomic mass is 9.88. The standard InChI is InChI=1S/C23H29N5S2.HI/c1-24-23(26-15-19-16-30-22(27-19)17-8-4-3-5-9-17)25-14-18-10-6-12-28(2)21(18)20-11-7-13-29-20;/h3-5,7-9,11,13,16,18,21H,6,10,12,14-15H2,1-2H3,(H2,24,25,26);1H. The Morgan fingerprint density at radius 3 is 2.74 bits per heavy atom. The molecule has 5 nitrogen and oxygen atoms in total. The van der Waals surface area contributed by atoms with Gasteiger partial charge in [0.15, 0.2) is 5.96 Å². The number of aromatic nitrogens is 1. The molecule has 0 aliphatic carbocycles. The van der Waals surface area contributed by atoms with Crippen LogP contribution in [0.2, 0.25) is 0 Å². The number of halogens is 1. The number of piperidine rings is 1. The molecule has 3 aromatic rings. The third-order valence-electron chi connectivity index (χ3n) is 5.61. The molecule has 1 fully saturated rings. The largest absolute Gasteiger partial charge is 0.356 e. The van der Waals surface area contributed by atoms with Gasteiger partial charge in [0.05, 0.1) is 12.2 Å². The summed E-state index contributed by atoms with van der Waals surface area (Å²) < 4.78 is 0. The SMILES string of the molecule is CN=C(NCc1csc(-c2ccccc2)n1)NCC1CCCN(C)C1c1cccs1.I. The summed E-state index contributed by atoms with van der Waals surface area (Å²) in [5.41, 5.74) is 2.20. The molecule has 0 spiro atoms. The van der Waals surface area contributed by atoms with E-state index in [9.17, 15) is 0 Å². The molecule has 4 rings (SSSR count). The summed E-state index contributed by atoms with van der Waals surface area (Å²) in [5.74, 6) is 1.41. The minimum absolute atomic E-state index is 0. The van der Waals surface area contributed by atoms with Crippen LogP contribution in [0.25, 0.3) is 10.6 Å². The van der Waals surface area contributed by atoms with Crippen molar-refractivity contribution in [2.24, 2.45) is 10.9 Å². The molecule has 1 saturated heterocycles. The van der Waals surface area contributed by atoms with E-state index in [2.05, 4.69) is 62.6 Å². The van der Waals surface area contributed by atoms with Crippen molar-refractivity contribution in [3.8, 4) is 10.6 Å². The average molecular weight is 568 g/mol. The molecule has 31 heavy (non-hydrogen) atoms. The zero-order valence-electron chi connectivity index (χ0n) is 18.0. The Morgan fingerprint density at radius 2 is 2.00 bits per heavy atom. The van der Waals surface area contributed by atoms with Gasteiger partial charge in [0.1, 0.15) is 5.01 Å². The first-order valence-corrected chi connectivity index (χ1v) is 12.2. The monoisotopic (exact) mass is 567 g/mol. The molecule has 1 aromatic carbocycles. The summed E-state index contributed by atoms with van der Waals surface area (Å²) in [7, 11) is 4.08. The highest BCUT2D eigenvalue weighted by molar-refractivity contribution is 14.0. The average Bonchev–Trinajstić information content (AvgIpc) is 3.47. The van der Waals surface area contributed by atoms with Gasteiger partial charge < -0.3 is 10.6 Å². The number of hydrogen-bond acceptors (Lipinski definition) is 5. The molecule has 166 valence electrons. The zero-order valence-corrected chi connectivity index (χ0v) is 21.9. The number of aliphatic imine (C=N–C) groups is 1. The zero-order chi connectivity index (χ0) is 20.8. The second-order valence-electron chi connectivity index (χ2n) is 7.66. The molecule has 1 aliphatic heterocycles. The number of thiophene rings is 1. The van der Waals surface area contributed by atoms with E-state index in [1.165, 1.54) is 24.3 Å². The first kappa shape index (κ1) is 24.2. The van der Waals surface area contributed by atoms with Gasteiger partial charge in [-0.15, -0.1) is 46.7 Å². The third-order valence-corrected chi connectivity index (χ3v) is 7.49. The van der Waals surface area contributed by atoms with Crippen LogP contribution in [0.5, 0.6) is 0 Å². The van der Waals surface area contributed by atoms with Gasteiger partial charge in [-0.3, -0.25) is 9.89 Å². The Kier molecular flexibility index (Phi) is 9.30. The molecular weight excluding hydrogens is 537 g/mol. The van der Waals surface area contributed by atoms with Crippen molar-refractivity contribution in [3.05, 3.63) is 63.8 Å². The summed E-state index contributed by atoms with van der Waals surface area (Å²) in [4.78, 5) is 13.1. The van der Waals surface area contributed by atoms with Crippen LogP contribution in [0, 0.1) is 5.92 Å². The number of nitrogens with zero attached hydrogens (tertiary/aromatic N) is 3. The Morgan fingerprint density at radius 1 is 1.16 bits per heavy atom. The van der Waals surface area contributed by atoms with Crippen LogP contribution < -0.4 is 10.6 Å². The molecular formula is C23H30IN5S2. The summed E-state index contributed by atoms with van der Waals surface area (Å²) in [5, 5.41) is 12.3. The predicted octanol–water partition coefficient (Wildman–Crippen LogP) is 5.24. The van der Waals surface area contributed by atoms with Crippen LogP contribution in [0.4, 0.5) is 0 Å². The Labute approximate surface area is 210 Å². The van der Waals surface area contributed by atoms with E-state index in [1.54, 1.807) is 11.3 Å². The second-order valence-corrected chi connectivity index (χ2v) is 9.50. The summed E-state index contributed by atoms with van der Waals surface area (Å²) in [6.07, 6.45) is 2.49. The summed E-state index contributed by atoms with van der Waals surface area (Å²) in [6, 6.07) is 15.2. The molecule has 2 atom stereocenters. The van der Waals surface area contributed by atoms with E-state index >= 15 is 0 Å². The predicted molar refractivity (Wildman–Crippen MR) is 144 cm³/mol. The normalized spacial score (nSPS) is 19.6. The van der Waals surface area contributed by atoms with Crippen molar-refractivity contribution in [1.29, 1.82) is 0 Å². The molecule has 0 amide bonds. The van der Waals surface area contributed by atoms with E-state index in [-0.39, 0.29) is 24.0 Å². The molecule has 0 saturated carbocycles. The van der Waals surface area contributed by atoms with E-state index < -0.39 is 0 Å². The number of guanidine groups is 1. The van der Waals surface area contributed by atoms with Gasteiger partial charge in [-0.1, -0.05) is 36.4 Å². The number of likely N-dealkylation sites (tertiary alicyclic amines) is 1. The van der Waals surface area contributed by atoms with Crippen molar-refractivity contribution < 1.29 is 0 Å². The van der Waals surface area contributed by atoms with Crippen molar-refractivity contribution >= 4 is 52.6 Å². The molecule has 2 aromatic heterocycles. The molecule has 8 heteroatoms. The van der Waals surface area contributed by atoms with Crippen LogP contribution in [0.1, 0.15) is 29.5 Å². The molecule has 2 N–H and O–H groups in total. The van der Waals surface area contributed by atoms with Gasteiger partial charge in [0.25, 0.3) is 0 Å². The van der Waals surface area contributed by atoms with Crippen molar-refractivity contribution in [2.75, 3.05) is 27.2 Å². The molecule has 0 radical (unpaired) electrons. The van der Waals surface area contributed by atoms with Crippen molar-refractivity contribution in [2.45, 2.75) is 25.4 Å². The minimum Gasteiger partial charge on any atom is -0.356 e. The van der Waals surface area contributed by atoms with Crippen molar-refractivity contribution in [1.82, 2.24) is 20.5 Å². The smallest absolute Gasteiger partial charge is 0.191 e. The highest BCUT2D eigenvalue weighted by atomic mass is 127. The maximum atomic E-state index is 4.76. The number of benzene rings is 1. The van der Waals surface area contributed by atoms with Crippen LogP contribution in [-0.4, -0.2) is 43.0 Å². The van der Waals surface area contributed by atoms with Gasteiger partial charge in [-0.25, -0.2) is 4.98 Å². The van der Waals surface area contributed by atoms with Crippen LogP contribution in [0.15, 0.2) is 58.2 Å². The fraction of sp³-hybridized carbons (Fsp3) is 0.391. The summed E-state index contributed by atoms with van der Waals surface area (Å²) >= 11 is 3.54. The Bertz CT molecular complexity index is 942. The Balaban J connectivity index is 0.00000272. The maximum absolute atomic E-state index is 4.76. The molecule has 0 bridgehead atoms. The van der Waals surface area contributed by atoms with E-state index in [1.807, 2.05) is 36.6 Å². The maximum Gasteiger partial charge on any atom is 0.191 e. The van der Waals surface area contributed by atoms with Gasteiger partial charge in [0, 0.05) is 35.5 Å². The fourth-order valence-corrected chi connectivity index (χ4v) is 5.92. The van der Waals surface area contributed by atoms with Crippen LogP contribution in [0.3, 0.4) is 0 Å². The first-order chi connectivity index (χ1) is 14.7. The number of nitrogens with one attached hydrogen (secondary N) is 2. The van der Waals surface area contributed by atoms with Gasteiger partial charge in [0.2, 0.25) is 0 Å².